The lowest BCUT2D eigenvalue weighted by Crippen LogP contribution is -2.43. The van der Waals surface area contributed by atoms with Gasteiger partial charge in [0.1, 0.15) is 18.1 Å². The van der Waals surface area contributed by atoms with Gasteiger partial charge in [0, 0.05) is 12.0 Å². The molecule has 1 aromatic heterocycles. The molecule has 0 spiro atoms. The molecule has 1 aliphatic heterocycles. The second kappa shape index (κ2) is 5.40. The van der Waals surface area contributed by atoms with Crippen molar-refractivity contribution in [2.45, 2.75) is 39.7 Å². The molecule has 2 N–H and O–H groups in total. The van der Waals surface area contributed by atoms with Crippen LogP contribution >= 0.6 is 0 Å². The van der Waals surface area contributed by atoms with Crippen LogP contribution in [0.1, 0.15) is 43.4 Å². The highest BCUT2D eigenvalue weighted by molar-refractivity contribution is 6.04. The number of amides is 4. The molecule has 7 nitrogen and oxygen atoms in total. The molecule has 1 unspecified atom stereocenters. The number of carbonyl (C=O) groups is 3. The molecular weight excluding hydrogens is 298 g/mol. The number of imide groups is 1. The number of carbonyl (C=O) groups excluding carboxylic acids is 3. The molecule has 2 heterocycles. The molecule has 0 saturated carbocycles. The van der Waals surface area contributed by atoms with Crippen LogP contribution in [0.5, 0.6) is 0 Å². The number of nitrogens with zero attached hydrogens (tertiary/aromatic N) is 1. The summed E-state index contributed by atoms with van der Waals surface area (Å²) in [7, 11) is 0. The van der Waals surface area contributed by atoms with Gasteiger partial charge in [0.25, 0.3) is 5.91 Å². The van der Waals surface area contributed by atoms with Crippen LogP contribution in [0, 0.1) is 12.3 Å². The largest absolute Gasteiger partial charge is 0.466 e. The Morgan fingerprint density at radius 1 is 1.48 bits per heavy atom. The van der Waals surface area contributed by atoms with Gasteiger partial charge in [-0.25, -0.2) is 4.79 Å². The smallest absolute Gasteiger partial charge is 0.325 e. The van der Waals surface area contributed by atoms with Gasteiger partial charge in [0.15, 0.2) is 0 Å². The second-order valence-corrected chi connectivity index (χ2v) is 7.04. The summed E-state index contributed by atoms with van der Waals surface area (Å²) < 4.78 is 5.74. The van der Waals surface area contributed by atoms with Gasteiger partial charge in [-0.1, -0.05) is 13.8 Å². The quantitative estimate of drug-likeness (QED) is 0.821. The van der Waals surface area contributed by atoms with Crippen molar-refractivity contribution >= 4 is 17.8 Å². The monoisotopic (exact) mass is 319 g/mol. The molecule has 2 aliphatic rings. The van der Waals surface area contributed by atoms with Crippen molar-refractivity contribution in [1.29, 1.82) is 0 Å². The zero-order valence-corrected chi connectivity index (χ0v) is 13.6. The van der Waals surface area contributed by atoms with Crippen molar-refractivity contribution in [1.82, 2.24) is 15.5 Å². The van der Waals surface area contributed by atoms with Gasteiger partial charge in [-0.15, -0.1) is 0 Å². The fraction of sp³-hybridized carbons (Fsp3) is 0.562. The highest BCUT2D eigenvalue weighted by atomic mass is 16.3. The molecule has 23 heavy (non-hydrogen) atoms. The normalized spacial score (nSPS) is 22.7. The van der Waals surface area contributed by atoms with Crippen LogP contribution in [0.3, 0.4) is 0 Å². The predicted octanol–water partition coefficient (Wildman–Crippen LogP) is 1.27. The average Bonchev–Trinajstić information content (AvgIpc) is 2.94. The Kier molecular flexibility index (Phi) is 3.66. The molecule has 1 saturated heterocycles. The Bertz CT molecular complexity index is 661. The maximum atomic E-state index is 12.3. The number of hydrogen-bond donors (Lipinski definition) is 2. The molecule has 0 aromatic carbocycles. The molecule has 0 radical (unpaired) electrons. The summed E-state index contributed by atoms with van der Waals surface area (Å²) in [5.41, 5.74) is 1.00. The first-order valence-corrected chi connectivity index (χ1v) is 7.72. The molecule has 0 bridgehead atoms. The first-order valence-electron chi connectivity index (χ1n) is 7.72. The number of furan rings is 1. The maximum absolute atomic E-state index is 12.3. The van der Waals surface area contributed by atoms with E-state index in [0.29, 0.717) is 0 Å². The van der Waals surface area contributed by atoms with Crippen molar-refractivity contribution in [2.24, 2.45) is 5.41 Å². The van der Waals surface area contributed by atoms with Crippen molar-refractivity contribution in [3.63, 3.8) is 0 Å². The van der Waals surface area contributed by atoms with E-state index in [1.165, 1.54) is 0 Å². The summed E-state index contributed by atoms with van der Waals surface area (Å²) in [5, 5.41) is 5.34. The summed E-state index contributed by atoms with van der Waals surface area (Å²) >= 11 is 0. The van der Waals surface area contributed by atoms with Gasteiger partial charge in [0.2, 0.25) is 5.91 Å². The fourth-order valence-electron chi connectivity index (χ4n) is 3.31. The summed E-state index contributed by atoms with van der Waals surface area (Å²) in [6.45, 7) is 5.84. The van der Waals surface area contributed by atoms with E-state index in [9.17, 15) is 14.4 Å². The Morgan fingerprint density at radius 3 is 2.87 bits per heavy atom. The summed E-state index contributed by atoms with van der Waals surface area (Å²) in [4.78, 5) is 36.3. The van der Waals surface area contributed by atoms with Crippen LogP contribution in [0.15, 0.2) is 10.5 Å². The van der Waals surface area contributed by atoms with Crippen molar-refractivity contribution in [2.75, 3.05) is 13.1 Å². The number of fused-ring (bicyclic) bond motifs is 1. The standard InChI is InChI=1S/C16H21N3O4/c1-9-4-10-11(5-16(2,3)6-12(10)23-9)18-13(20)8-19-14(21)7-17-15(19)22/h4,11H,5-8H2,1-3H3,(H,17,22)(H,18,20). The van der Waals surface area contributed by atoms with Gasteiger partial charge >= 0.3 is 6.03 Å². The van der Waals surface area contributed by atoms with E-state index in [1.54, 1.807) is 0 Å². The number of urea groups is 1. The third-order valence-electron chi connectivity index (χ3n) is 4.31. The van der Waals surface area contributed by atoms with Crippen LogP contribution in [0.2, 0.25) is 0 Å². The number of rotatable bonds is 3. The van der Waals surface area contributed by atoms with E-state index < -0.39 is 6.03 Å². The number of nitrogens with one attached hydrogen (secondary N) is 2. The third kappa shape index (κ3) is 3.09. The highest BCUT2D eigenvalue weighted by Crippen LogP contribution is 2.41. The Labute approximate surface area is 134 Å². The minimum atomic E-state index is -0.519. The molecule has 3 rings (SSSR count). The van der Waals surface area contributed by atoms with Gasteiger partial charge in [-0.3, -0.25) is 14.5 Å². The summed E-state index contributed by atoms with van der Waals surface area (Å²) in [6.07, 6.45) is 1.61. The van der Waals surface area contributed by atoms with E-state index in [-0.39, 0.29) is 36.4 Å². The lowest BCUT2D eigenvalue weighted by atomic mass is 9.74. The fourth-order valence-corrected chi connectivity index (χ4v) is 3.31. The van der Waals surface area contributed by atoms with E-state index in [4.69, 9.17) is 4.42 Å². The summed E-state index contributed by atoms with van der Waals surface area (Å²) in [6, 6.07) is 1.26. The molecular formula is C16H21N3O4. The minimum absolute atomic E-state index is 0.01000. The van der Waals surface area contributed by atoms with Gasteiger partial charge in [-0.05, 0) is 24.8 Å². The SMILES string of the molecule is Cc1cc2c(o1)CC(C)(C)CC2NC(=O)CN1C(=O)CNC1=O. The zero-order valence-electron chi connectivity index (χ0n) is 13.6. The minimum Gasteiger partial charge on any atom is -0.466 e. The van der Waals surface area contributed by atoms with Crippen molar-refractivity contribution in [3.8, 4) is 0 Å². The molecule has 1 aliphatic carbocycles. The topological polar surface area (TPSA) is 91.7 Å². The van der Waals surface area contributed by atoms with Crippen molar-refractivity contribution < 1.29 is 18.8 Å². The van der Waals surface area contributed by atoms with Crippen LogP contribution in [0.4, 0.5) is 4.79 Å². The first-order chi connectivity index (χ1) is 10.7. The van der Waals surface area contributed by atoms with E-state index in [1.807, 2.05) is 13.0 Å². The van der Waals surface area contributed by atoms with Crippen molar-refractivity contribution in [3.05, 3.63) is 23.2 Å². The van der Waals surface area contributed by atoms with E-state index in [2.05, 4.69) is 24.5 Å². The molecule has 7 heteroatoms. The third-order valence-corrected chi connectivity index (χ3v) is 4.31. The molecule has 4 amide bonds. The van der Waals surface area contributed by atoms with Gasteiger partial charge in [0.05, 0.1) is 12.6 Å². The van der Waals surface area contributed by atoms with Crippen LogP contribution in [-0.2, 0) is 16.0 Å². The van der Waals surface area contributed by atoms with Gasteiger partial charge in [-0.2, -0.15) is 0 Å². The van der Waals surface area contributed by atoms with Gasteiger partial charge < -0.3 is 15.1 Å². The lowest BCUT2D eigenvalue weighted by Gasteiger charge is -2.34. The zero-order chi connectivity index (χ0) is 16.8. The highest BCUT2D eigenvalue weighted by Gasteiger charge is 2.36. The van der Waals surface area contributed by atoms with E-state index in [0.717, 1.165) is 34.8 Å². The second-order valence-electron chi connectivity index (χ2n) is 7.04. The molecule has 1 fully saturated rings. The van der Waals surface area contributed by atoms with E-state index >= 15 is 0 Å². The van der Waals surface area contributed by atoms with Crippen LogP contribution < -0.4 is 10.6 Å². The Hall–Kier alpha value is -2.31. The predicted molar refractivity (Wildman–Crippen MR) is 81.5 cm³/mol. The molecule has 1 aromatic rings. The molecule has 124 valence electrons. The van der Waals surface area contributed by atoms with Crippen LogP contribution in [-0.4, -0.2) is 35.8 Å². The lowest BCUT2D eigenvalue weighted by molar-refractivity contribution is -0.131. The first kappa shape index (κ1) is 15.6. The number of hydrogen-bond acceptors (Lipinski definition) is 4. The van der Waals surface area contributed by atoms with Crippen LogP contribution in [0.25, 0.3) is 0 Å². The number of aryl methyl sites for hydroxylation is 1. The Balaban J connectivity index is 1.73. The maximum Gasteiger partial charge on any atom is 0.325 e. The Morgan fingerprint density at radius 2 is 2.22 bits per heavy atom. The summed E-state index contributed by atoms with van der Waals surface area (Å²) in [5.74, 6) is 0.997. The average molecular weight is 319 g/mol. The molecule has 1 atom stereocenters.